The first-order valence-corrected chi connectivity index (χ1v) is 9.01. The van der Waals surface area contributed by atoms with Crippen molar-refractivity contribution in [2.45, 2.75) is 58.4 Å². The van der Waals surface area contributed by atoms with E-state index in [2.05, 4.69) is 62.7 Å². The lowest BCUT2D eigenvalue weighted by Crippen LogP contribution is -2.38. The molecule has 1 fully saturated rings. The minimum atomic E-state index is 0.144. The number of aryl methyl sites for hydroxylation is 1. The third kappa shape index (κ3) is 4.89. The zero-order chi connectivity index (χ0) is 15.5. The van der Waals surface area contributed by atoms with Crippen LogP contribution in [0.4, 0.5) is 5.82 Å². The van der Waals surface area contributed by atoms with Crippen LogP contribution in [-0.2, 0) is 6.54 Å². The topological polar surface area (TPSA) is 28.2 Å². The van der Waals surface area contributed by atoms with Crippen LogP contribution >= 0.6 is 11.8 Å². The highest BCUT2D eigenvalue weighted by Gasteiger charge is 2.21. The molecule has 0 saturated carbocycles. The Bertz CT molecular complexity index is 468. The first kappa shape index (κ1) is 16.6. The monoisotopic (exact) mass is 307 g/mol. The smallest absolute Gasteiger partial charge is 0.131 e. The minimum Gasteiger partial charge on any atom is -0.354 e. The lowest BCUT2D eigenvalue weighted by Gasteiger charge is -2.33. The average Bonchev–Trinajstić information content (AvgIpc) is 2.44. The zero-order valence-electron chi connectivity index (χ0n) is 14.1. The van der Waals surface area contributed by atoms with Gasteiger partial charge in [0.1, 0.15) is 5.82 Å². The van der Waals surface area contributed by atoms with Gasteiger partial charge < -0.3 is 10.2 Å². The quantitative estimate of drug-likeness (QED) is 0.920. The first-order chi connectivity index (χ1) is 9.89. The van der Waals surface area contributed by atoms with E-state index in [1.165, 1.54) is 29.1 Å². The second-order valence-electron chi connectivity index (χ2n) is 6.93. The second kappa shape index (κ2) is 7.01. The molecule has 0 radical (unpaired) electrons. The van der Waals surface area contributed by atoms with E-state index < -0.39 is 0 Å². The van der Waals surface area contributed by atoms with Gasteiger partial charge in [-0.25, -0.2) is 4.98 Å². The molecule has 1 saturated heterocycles. The van der Waals surface area contributed by atoms with Crippen LogP contribution in [0.2, 0.25) is 0 Å². The molecule has 2 rings (SSSR count). The van der Waals surface area contributed by atoms with Crippen LogP contribution in [0.3, 0.4) is 0 Å². The van der Waals surface area contributed by atoms with Crippen LogP contribution in [0.25, 0.3) is 0 Å². The van der Waals surface area contributed by atoms with Gasteiger partial charge in [0.15, 0.2) is 0 Å². The maximum Gasteiger partial charge on any atom is 0.131 e. The SMILES string of the molecule is CCC1CN(c2ncc(CNC(C)(C)C)cc2C)CCS1. The molecule has 0 aromatic carbocycles. The highest BCUT2D eigenvalue weighted by atomic mass is 32.2. The molecule has 4 heteroatoms. The van der Waals surface area contributed by atoms with Gasteiger partial charge in [-0.1, -0.05) is 6.92 Å². The number of rotatable bonds is 4. The molecule has 1 N–H and O–H groups in total. The maximum atomic E-state index is 4.75. The van der Waals surface area contributed by atoms with Gasteiger partial charge in [0.05, 0.1) is 0 Å². The Kier molecular flexibility index (Phi) is 5.55. The molecular formula is C17H29N3S. The molecule has 21 heavy (non-hydrogen) atoms. The van der Waals surface area contributed by atoms with Gasteiger partial charge in [0.25, 0.3) is 0 Å². The van der Waals surface area contributed by atoms with Gasteiger partial charge in [-0.3, -0.25) is 0 Å². The molecule has 1 unspecified atom stereocenters. The molecule has 1 atom stereocenters. The van der Waals surface area contributed by atoms with E-state index in [1.807, 2.05) is 6.20 Å². The largest absolute Gasteiger partial charge is 0.354 e. The van der Waals surface area contributed by atoms with Gasteiger partial charge >= 0.3 is 0 Å². The Balaban J connectivity index is 2.05. The Labute approximate surface area is 133 Å². The molecular weight excluding hydrogens is 278 g/mol. The van der Waals surface area contributed by atoms with Gasteiger partial charge in [-0.2, -0.15) is 11.8 Å². The molecule has 0 aliphatic carbocycles. The number of nitrogens with zero attached hydrogens (tertiary/aromatic N) is 2. The number of pyridine rings is 1. The van der Waals surface area contributed by atoms with Crippen molar-refractivity contribution in [1.29, 1.82) is 0 Å². The van der Waals surface area contributed by atoms with Crippen molar-refractivity contribution < 1.29 is 0 Å². The molecule has 1 aromatic heterocycles. The molecule has 0 amide bonds. The Hall–Kier alpha value is -0.740. The predicted molar refractivity (Wildman–Crippen MR) is 94.3 cm³/mol. The van der Waals surface area contributed by atoms with E-state index in [9.17, 15) is 0 Å². The Morgan fingerprint density at radius 2 is 2.19 bits per heavy atom. The van der Waals surface area contributed by atoms with E-state index in [0.717, 1.165) is 24.9 Å². The summed E-state index contributed by atoms with van der Waals surface area (Å²) in [5.41, 5.74) is 2.71. The normalized spacial score (nSPS) is 19.9. The summed E-state index contributed by atoms with van der Waals surface area (Å²) < 4.78 is 0. The number of thioether (sulfide) groups is 1. The highest BCUT2D eigenvalue weighted by Crippen LogP contribution is 2.26. The van der Waals surface area contributed by atoms with Crippen molar-refractivity contribution in [1.82, 2.24) is 10.3 Å². The van der Waals surface area contributed by atoms with Crippen LogP contribution < -0.4 is 10.2 Å². The summed E-state index contributed by atoms with van der Waals surface area (Å²) in [7, 11) is 0. The van der Waals surface area contributed by atoms with Crippen molar-refractivity contribution in [3.63, 3.8) is 0 Å². The molecule has 3 nitrogen and oxygen atoms in total. The second-order valence-corrected chi connectivity index (χ2v) is 8.34. The van der Waals surface area contributed by atoms with Crippen molar-refractivity contribution in [2.75, 3.05) is 23.7 Å². The molecule has 2 heterocycles. The summed E-state index contributed by atoms with van der Waals surface area (Å²) in [5, 5.41) is 4.28. The summed E-state index contributed by atoms with van der Waals surface area (Å²) in [5.74, 6) is 2.39. The number of hydrogen-bond acceptors (Lipinski definition) is 4. The molecule has 0 bridgehead atoms. The number of anilines is 1. The molecule has 1 aliphatic heterocycles. The van der Waals surface area contributed by atoms with Crippen molar-refractivity contribution in [2.24, 2.45) is 0 Å². The summed E-state index contributed by atoms with van der Waals surface area (Å²) in [6, 6.07) is 2.28. The number of nitrogens with one attached hydrogen (secondary N) is 1. The summed E-state index contributed by atoms with van der Waals surface area (Å²) >= 11 is 2.10. The van der Waals surface area contributed by atoms with Crippen molar-refractivity contribution >= 4 is 17.6 Å². The molecule has 1 aliphatic rings. The fraction of sp³-hybridized carbons (Fsp3) is 0.706. The lowest BCUT2D eigenvalue weighted by molar-refractivity contribution is 0.424. The van der Waals surface area contributed by atoms with Gasteiger partial charge in [-0.05, 0) is 51.3 Å². The van der Waals surface area contributed by atoms with Crippen LogP contribution in [0, 0.1) is 6.92 Å². The minimum absolute atomic E-state index is 0.144. The third-order valence-electron chi connectivity index (χ3n) is 3.82. The van der Waals surface area contributed by atoms with Gasteiger partial charge in [0, 0.05) is 42.4 Å². The van der Waals surface area contributed by atoms with Crippen LogP contribution in [0.15, 0.2) is 12.3 Å². The van der Waals surface area contributed by atoms with Crippen molar-refractivity contribution in [3.8, 4) is 0 Å². The summed E-state index contributed by atoms with van der Waals surface area (Å²) in [6.45, 7) is 14.2. The van der Waals surface area contributed by atoms with Crippen molar-refractivity contribution in [3.05, 3.63) is 23.4 Å². The Morgan fingerprint density at radius 1 is 1.43 bits per heavy atom. The zero-order valence-corrected chi connectivity index (χ0v) is 14.9. The standard InChI is InChI=1S/C17H29N3S/c1-6-15-12-20(7-8-21-15)16-13(2)9-14(10-18-16)11-19-17(3,4)5/h9-10,15,19H,6-8,11-12H2,1-5H3. The van der Waals surface area contributed by atoms with Gasteiger partial charge in [-0.15, -0.1) is 0 Å². The summed E-state index contributed by atoms with van der Waals surface area (Å²) in [6.07, 6.45) is 3.28. The van der Waals surface area contributed by atoms with E-state index in [-0.39, 0.29) is 5.54 Å². The van der Waals surface area contributed by atoms with Crippen LogP contribution in [0.5, 0.6) is 0 Å². The van der Waals surface area contributed by atoms with Crippen LogP contribution in [0.1, 0.15) is 45.2 Å². The number of hydrogen-bond donors (Lipinski definition) is 1. The van der Waals surface area contributed by atoms with Crippen LogP contribution in [-0.4, -0.2) is 34.6 Å². The number of aromatic nitrogens is 1. The molecule has 118 valence electrons. The fourth-order valence-corrected chi connectivity index (χ4v) is 3.76. The molecule has 1 aromatic rings. The fourth-order valence-electron chi connectivity index (χ4n) is 2.58. The lowest BCUT2D eigenvalue weighted by atomic mass is 10.1. The summed E-state index contributed by atoms with van der Waals surface area (Å²) in [4.78, 5) is 7.21. The molecule has 0 spiro atoms. The van der Waals surface area contributed by atoms with E-state index in [4.69, 9.17) is 4.98 Å². The Morgan fingerprint density at radius 3 is 2.81 bits per heavy atom. The third-order valence-corrected chi connectivity index (χ3v) is 5.20. The maximum absolute atomic E-state index is 4.75. The van der Waals surface area contributed by atoms with E-state index in [1.54, 1.807) is 0 Å². The average molecular weight is 308 g/mol. The van der Waals surface area contributed by atoms with Gasteiger partial charge in [0.2, 0.25) is 0 Å². The highest BCUT2D eigenvalue weighted by molar-refractivity contribution is 8.00. The van der Waals surface area contributed by atoms with E-state index in [0.29, 0.717) is 0 Å². The first-order valence-electron chi connectivity index (χ1n) is 7.96. The predicted octanol–water partition coefficient (Wildman–Crippen LogP) is 3.61. The van der Waals surface area contributed by atoms with E-state index >= 15 is 0 Å².